The maximum atomic E-state index is 12.6. The molecule has 1 heterocycles. The van der Waals surface area contributed by atoms with Crippen molar-refractivity contribution in [2.75, 3.05) is 14.1 Å². The van der Waals surface area contributed by atoms with Crippen molar-refractivity contribution >= 4 is 23.2 Å². The molecule has 150 valence electrons. The number of amides is 2. The van der Waals surface area contributed by atoms with Crippen LogP contribution in [0.4, 0.5) is 13.2 Å². The van der Waals surface area contributed by atoms with E-state index in [0.717, 1.165) is 29.0 Å². The molecule has 1 atom stereocenters. The second-order valence-electron chi connectivity index (χ2n) is 7.11. The molecule has 4 nitrogen and oxygen atoms in total. The van der Waals surface area contributed by atoms with E-state index in [2.05, 4.69) is 5.32 Å². The van der Waals surface area contributed by atoms with Crippen molar-refractivity contribution in [2.45, 2.75) is 32.0 Å². The van der Waals surface area contributed by atoms with Gasteiger partial charge in [-0.25, -0.2) is 0 Å². The highest BCUT2D eigenvalue weighted by atomic mass is 32.1. The lowest BCUT2D eigenvalue weighted by Gasteiger charge is -2.21. The molecule has 1 aliphatic rings. The Morgan fingerprint density at radius 2 is 1.89 bits per heavy atom. The Hall–Kier alpha value is -2.35. The molecule has 8 heteroatoms. The molecular formula is C20H21F3N2O2S. The lowest BCUT2D eigenvalue weighted by atomic mass is 9.87. The number of benzene rings is 1. The summed E-state index contributed by atoms with van der Waals surface area (Å²) in [6, 6.07) is 6.66. The first-order valence-corrected chi connectivity index (χ1v) is 9.74. The molecule has 0 saturated carbocycles. The van der Waals surface area contributed by atoms with Crippen LogP contribution in [0, 0.1) is 5.92 Å². The van der Waals surface area contributed by atoms with E-state index in [1.807, 2.05) is 6.07 Å². The fourth-order valence-electron chi connectivity index (χ4n) is 3.22. The number of thiophene rings is 1. The summed E-state index contributed by atoms with van der Waals surface area (Å²) in [6.07, 6.45) is -2.35. The van der Waals surface area contributed by atoms with Crippen LogP contribution in [0.1, 0.15) is 37.7 Å². The Labute approximate surface area is 165 Å². The minimum Gasteiger partial charge on any atom is -0.352 e. The molecule has 1 aromatic carbocycles. The molecule has 1 N–H and O–H groups in total. The van der Waals surface area contributed by atoms with Gasteiger partial charge in [-0.2, -0.15) is 13.2 Å². The van der Waals surface area contributed by atoms with E-state index in [0.29, 0.717) is 23.3 Å². The van der Waals surface area contributed by atoms with Gasteiger partial charge in [0.1, 0.15) is 0 Å². The van der Waals surface area contributed by atoms with Gasteiger partial charge in [-0.1, -0.05) is 12.1 Å². The van der Waals surface area contributed by atoms with E-state index in [1.54, 1.807) is 14.1 Å². The third-order valence-electron chi connectivity index (χ3n) is 4.82. The van der Waals surface area contributed by atoms with Gasteiger partial charge < -0.3 is 10.2 Å². The van der Waals surface area contributed by atoms with Crippen molar-refractivity contribution in [3.63, 3.8) is 0 Å². The van der Waals surface area contributed by atoms with Crippen LogP contribution in [0.15, 0.2) is 30.3 Å². The summed E-state index contributed by atoms with van der Waals surface area (Å²) in [6.45, 7) is 0.189. The lowest BCUT2D eigenvalue weighted by Crippen LogP contribution is -2.33. The summed E-state index contributed by atoms with van der Waals surface area (Å²) >= 11 is 1.48. The van der Waals surface area contributed by atoms with Crippen LogP contribution in [0.5, 0.6) is 0 Å². The number of carbonyl (C=O) groups is 2. The lowest BCUT2D eigenvalue weighted by molar-refractivity contribution is -0.137. The van der Waals surface area contributed by atoms with E-state index in [1.165, 1.54) is 28.4 Å². The first-order valence-electron chi connectivity index (χ1n) is 8.92. The van der Waals surface area contributed by atoms with E-state index < -0.39 is 11.7 Å². The highest BCUT2D eigenvalue weighted by Crippen LogP contribution is 2.33. The summed E-state index contributed by atoms with van der Waals surface area (Å²) in [7, 11) is 3.41. The maximum Gasteiger partial charge on any atom is 0.416 e. The van der Waals surface area contributed by atoms with Gasteiger partial charge in [0.15, 0.2) is 0 Å². The Bertz CT molecular complexity index is 873. The number of rotatable bonds is 4. The van der Waals surface area contributed by atoms with E-state index in [-0.39, 0.29) is 24.3 Å². The number of hydrogen-bond donors (Lipinski definition) is 1. The maximum absolute atomic E-state index is 12.6. The van der Waals surface area contributed by atoms with Crippen LogP contribution in [0.25, 0.3) is 0 Å². The number of carbonyl (C=O) groups excluding carboxylic acids is 2. The Morgan fingerprint density at radius 3 is 2.50 bits per heavy atom. The predicted octanol–water partition coefficient (Wildman–Crippen LogP) is 3.89. The van der Waals surface area contributed by atoms with Crippen molar-refractivity contribution < 1.29 is 22.8 Å². The van der Waals surface area contributed by atoms with Crippen LogP contribution < -0.4 is 5.32 Å². The molecule has 0 saturated heterocycles. The Morgan fingerprint density at radius 1 is 1.21 bits per heavy atom. The fraction of sp³-hybridized carbons (Fsp3) is 0.400. The van der Waals surface area contributed by atoms with Crippen LogP contribution in [-0.4, -0.2) is 30.8 Å². The molecule has 0 bridgehead atoms. The zero-order valence-electron chi connectivity index (χ0n) is 15.6. The van der Waals surface area contributed by atoms with Gasteiger partial charge in [0.05, 0.1) is 10.4 Å². The average molecular weight is 410 g/mol. The van der Waals surface area contributed by atoms with E-state index in [9.17, 15) is 22.8 Å². The van der Waals surface area contributed by atoms with Crippen LogP contribution in [0.3, 0.4) is 0 Å². The first kappa shape index (κ1) is 20.4. The van der Waals surface area contributed by atoms with Gasteiger partial charge in [0, 0.05) is 31.4 Å². The average Bonchev–Trinajstić information content (AvgIpc) is 3.08. The third kappa shape index (κ3) is 4.55. The van der Waals surface area contributed by atoms with Gasteiger partial charge >= 0.3 is 6.18 Å². The monoisotopic (exact) mass is 410 g/mol. The minimum atomic E-state index is -4.37. The SMILES string of the molecule is CN(C)C(=O)c1cc2c(s1)CC[C@@H](C(=O)NCc1ccc(C(F)(F)F)cc1)C2. The molecule has 0 unspecified atom stereocenters. The molecule has 0 radical (unpaired) electrons. The van der Waals surface area contributed by atoms with E-state index in [4.69, 9.17) is 0 Å². The van der Waals surface area contributed by atoms with Gasteiger partial charge in [-0.15, -0.1) is 11.3 Å². The molecule has 0 fully saturated rings. The number of halogens is 3. The quantitative estimate of drug-likeness (QED) is 0.832. The van der Waals surface area contributed by atoms with Crippen LogP contribution >= 0.6 is 11.3 Å². The highest BCUT2D eigenvalue weighted by molar-refractivity contribution is 7.14. The number of aryl methyl sites for hydroxylation is 1. The number of nitrogens with one attached hydrogen (secondary N) is 1. The highest BCUT2D eigenvalue weighted by Gasteiger charge is 2.30. The molecule has 0 spiro atoms. The number of fused-ring (bicyclic) bond motifs is 1. The zero-order valence-corrected chi connectivity index (χ0v) is 16.4. The second kappa shape index (κ2) is 7.95. The number of nitrogens with zero attached hydrogens (tertiary/aromatic N) is 1. The van der Waals surface area contributed by atoms with Gasteiger partial charge in [-0.3, -0.25) is 9.59 Å². The topological polar surface area (TPSA) is 49.4 Å². The molecule has 28 heavy (non-hydrogen) atoms. The zero-order chi connectivity index (χ0) is 20.5. The van der Waals surface area contributed by atoms with Gasteiger partial charge in [-0.05, 0) is 48.6 Å². The standard InChI is InChI=1S/C20H21F3N2O2S/c1-25(2)19(27)17-10-14-9-13(5-8-16(14)28-17)18(26)24-11-12-3-6-15(7-4-12)20(21,22)23/h3-4,6-7,10,13H,5,8-9,11H2,1-2H3,(H,24,26)/t13-/m1/s1. The normalized spacial score (nSPS) is 16.4. The second-order valence-corrected chi connectivity index (χ2v) is 8.25. The van der Waals surface area contributed by atoms with Crippen molar-refractivity contribution in [3.05, 3.63) is 56.8 Å². The molecule has 0 aliphatic heterocycles. The van der Waals surface area contributed by atoms with Gasteiger partial charge in [0.25, 0.3) is 5.91 Å². The Balaban J connectivity index is 1.58. The molecular weight excluding hydrogens is 389 g/mol. The molecule has 3 rings (SSSR count). The smallest absolute Gasteiger partial charge is 0.352 e. The summed E-state index contributed by atoms with van der Waals surface area (Å²) in [4.78, 5) is 28.0. The van der Waals surface area contributed by atoms with Gasteiger partial charge in [0.2, 0.25) is 5.91 Å². The first-order chi connectivity index (χ1) is 13.1. The van der Waals surface area contributed by atoms with Crippen molar-refractivity contribution in [1.29, 1.82) is 0 Å². The van der Waals surface area contributed by atoms with Crippen molar-refractivity contribution in [3.8, 4) is 0 Å². The summed E-state index contributed by atoms with van der Waals surface area (Å²) in [5, 5.41) is 2.81. The van der Waals surface area contributed by atoms with Crippen LogP contribution in [-0.2, 0) is 30.4 Å². The van der Waals surface area contributed by atoms with Crippen molar-refractivity contribution in [1.82, 2.24) is 10.2 Å². The predicted molar refractivity (Wildman–Crippen MR) is 101 cm³/mol. The largest absolute Gasteiger partial charge is 0.416 e. The molecule has 1 aromatic heterocycles. The summed E-state index contributed by atoms with van der Waals surface area (Å²) < 4.78 is 37.8. The van der Waals surface area contributed by atoms with Crippen LogP contribution in [0.2, 0.25) is 0 Å². The Kier molecular flexibility index (Phi) is 5.79. The molecule has 1 aliphatic carbocycles. The van der Waals surface area contributed by atoms with E-state index >= 15 is 0 Å². The fourth-order valence-corrected chi connectivity index (χ4v) is 4.45. The number of alkyl halides is 3. The third-order valence-corrected chi connectivity index (χ3v) is 6.04. The summed E-state index contributed by atoms with van der Waals surface area (Å²) in [5.41, 5.74) is 0.950. The molecule has 2 aromatic rings. The molecule has 2 amide bonds. The minimum absolute atomic E-state index is 0.0392. The number of hydrogen-bond acceptors (Lipinski definition) is 3. The van der Waals surface area contributed by atoms with Crippen molar-refractivity contribution in [2.24, 2.45) is 5.92 Å². The summed E-state index contributed by atoms with van der Waals surface area (Å²) in [5.74, 6) is -0.348.